The molecule has 1 aliphatic rings. The molecule has 6 heteroatoms. The van der Waals surface area contributed by atoms with E-state index in [9.17, 15) is 8.42 Å². The second kappa shape index (κ2) is 6.35. The van der Waals surface area contributed by atoms with Gasteiger partial charge in [0.2, 0.25) is 0 Å². The van der Waals surface area contributed by atoms with Crippen LogP contribution in [0.1, 0.15) is 18.4 Å². The zero-order valence-electron chi connectivity index (χ0n) is 10.7. The van der Waals surface area contributed by atoms with Crippen LogP contribution in [0.3, 0.4) is 0 Å². The molecule has 0 aromatic heterocycles. The maximum atomic E-state index is 11.5. The molecule has 1 aliphatic heterocycles. The highest BCUT2D eigenvalue weighted by Crippen LogP contribution is 2.24. The standard InChI is InChI=1S/C13H19BrN2O2S/c14-12-3-1-2-10(6-12)7-13(16-15)8-11-4-5-19(17,18)9-11/h1-3,6,11,13,16H,4-5,7-9,15H2. The van der Waals surface area contributed by atoms with E-state index in [1.54, 1.807) is 0 Å². The highest BCUT2D eigenvalue weighted by atomic mass is 79.9. The Labute approximate surface area is 122 Å². The van der Waals surface area contributed by atoms with Crippen molar-refractivity contribution < 1.29 is 8.42 Å². The topological polar surface area (TPSA) is 72.2 Å². The molecule has 0 bridgehead atoms. The second-order valence-electron chi connectivity index (χ2n) is 5.20. The third-order valence-electron chi connectivity index (χ3n) is 3.55. The van der Waals surface area contributed by atoms with Crippen LogP contribution in [0.15, 0.2) is 28.7 Å². The van der Waals surface area contributed by atoms with Crippen molar-refractivity contribution in [3.8, 4) is 0 Å². The van der Waals surface area contributed by atoms with Crippen molar-refractivity contribution in [3.05, 3.63) is 34.3 Å². The predicted octanol–water partition coefficient (Wildman–Crippen LogP) is 1.65. The van der Waals surface area contributed by atoms with Gasteiger partial charge in [-0.05, 0) is 42.9 Å². The minimum Gasteiger partial charge on any atom is -0.271 e. The molecule has 106 valence electrons. The SMILES string of the molecule is NNC(Cc1cccc(Br)c1)CC1CCS(=O)(=O)C1. The predicted molar refractivity (Wildman–Crippen MR) is 80.3 cm³/mol. The first kappa shape index (κ1) is 15.0. The maximum Gasteiger partial charge on any atom is 0.150 e. The first-order valence-corrected chi connectivity index (χ1v) is 9.01. The largest absolute Gasteiger partial charge is 0.271 e. The number of nitrogens with one attached hydrogen (secondary N) is 1. The molecule has 1 saturated heterocycles. The summed E-state index contributed by atoms with van der Waals surface area (Å²) < 4.78 is 24.0. The van der Waals surface area contributed by atoms with Crippen molar-refractivity contribution in [2.45, 2.75) is 25.3 Å². The number of hydrazine groups is 1. The van der Waals surface area contributed by atoms with E-state index in [0.717, 1.165) is 23.7 Å². The van der Waals surface area contributed by atoms with E-state index < -0.39 is 9.84 Å². The first-order chi connectivity index (χ1) is 8.98. The van der Waals surface area contributed by atoms with Gasteiger partial charge in [-0.25, -0.2) is 8.42 Å². The molecule has 2 rings (SSSR count). The Morgan fingerprint density at radius 1 is 1.47 bits per heavy atom. The summed E-state index contributed by atoms with van der Waals surface area (Å²) in [5.74, 6) is 6.46. The Balaban J connectivity index is 1.94. The Kier molecular flexibility index (Phi) is 5.00. The van der Waals surface area contributed by atoms with Gasteiger partial charge in [-0.1, -0.05) is 28.1 Å². The van der Waals surface area contributed by atoms with Crippen molar-refractivity contribution >= 4 is 25.8 Å². The van der Waals surface area contributed by atoms with Gasteiger partial charge in [0.25, 0.3) is 0 Å². The van der Waals surface area contributed by atoms with Crippen LogP contribution in [0.5, 0.6) is 0 Å². The molecule has 19 heavy (non-hydrogen) atoms. The van der Waals surface area contributed by atoms with Crippen molar-refractivity contribution in [2.24, 2.45) is 11.8 Å². The Morgan fingerprint density at radius 3 is 2.84 bits per heavy atom. The lowest BCUT2D eigenvalue weighted by Gasteiger charge is -2.19. The van der Waals surface area contributed by atoms with Crippen molar-refractivity contribution in [3.63, 3.8) is 0 Å². The number of benzene rings is 1. The maximum absolute atomic E-state index is 11.5. The van der Waals surface area contributed by atoms with Gasteiger partial charge in [-0.3, -0.25) is 11.3 Å². The second-order valence-corrected chi connectivity index (χ2v) is 8.35. The van der Waals surface area contributed by atoms with E-state index in [1.807, 2.05) is 12.1 Å². The number of hydrogen-bond acceptors (Lipinski definition) is 4. The molecular formula is C13H19BrN2O2S. The van der Waals surface area contributed by atoms with Gasteiger partial charge in [0.05, 0.1) is 11.5 Å². The van der Waals surface area contributed by atoms with E-state index in [4.69, 9.17) is 5.84 Å². The highest BCUT2D eigenvalue weighted by molar-refractivity contribution is 9.10. The van der Waals surface area contributed by atoms with Crippen LogP contribution in [-0.2, 0) is 16.3 Å². The molecule has 0 spiro atoms. The summed E-state index contributed by atoms with van der Waals surface area (Å²) in [7, 11) is -2.80. The summed E-state index contributed by atoms with van der Waals surface area (Å²) in [4.78, 5) is 0. The number of rotatable bonds is 5. The van der Waals surface area contributed by atoms with Gasteiger partial charge in [-0.15, -0.1) is 0 Å². The van der Waals surface area contributed by atoms with Gasteiger partial charge >= 0.3 is 0 Å². The fraction of sp³-hybridized carbons (Fsp3) is 0.538. The van der Waals surface area contributed by atoms with Gasteiger partial charge in [0.15, 0.2) is 9.84 Å². The summed E-state index contributed by atoms with van der Waals surface area (Å²) in [5.41, 5.74) is 4.01. The van der Waals surface area contributed by atoms with Crippen LogP contribution < -0.4 is 11.3 Å². The van der Waals surface area contributed by atoms with Crippen LogP contribution in [0, 0.1) is 5.92 Å². The Morgan fingerprint density at radius 2 is 2.26 bits per heavy atom. The molecule has 0 aliphatic carbocycles. The van der Waals surface area contributed by atoms with Crippen molar-refractivity contribution in [1.82, 2.24) is 5.43 Å². The van der Waals surface area contributed by atoms with Crippen LogP contribution in [0.2, 0.25) is 0 Å². The monoisotopic (exact) mass is 346 g/mol. The van der Waals surface area contributed by atoms with E-state index in [1.165, 1.54) is 5.56 Å². The fourth-order valence-electron chi connectivity index (χ4n) is 2.62. The normalized spacial score (nSPS) is 23.4. The number of sulfone groups is 1. The van der Waals surface area contributed by atoms with Crippen LogP contribution >= 0.6 is 15.9 Å². The summed E-state index contributed by atoms with van der Waals surface area (Å²) in [6, 6.07) is 8.22. The van der Waals surface area contributed by atoms with E-state index in [-0.39, 0.29) is 12.0 Å². The summed E-state index contributed by atoms with van der Waals surface area (Å²) in [5, 5.41) is 0. The van der Waals surface area contributed by atoms with Crippen LogP contribution in [0.25, 0.3) is 0 Å². The van der Waals surface area contributed by atoms with Gasteiger partial charge in [-0.2, -0.15) is 0 Å². The molecule has 3 N–H and O–H groups in total. The quantitative estimate of drug-likeness (QED) is 0.628. The zero-order valence-corrected chi connectivity index (χ0v) is 13.1. The molecule has 1 aromatic rings. The molecule has 1 fully saturated rings. The first-order valence-electron chi connectivity index (χ1n) is 6.39. The van der Waals surface area contributed by atoms with Crippen LogP contribution in [-0.4, -0.2) is 26.0 Å². The highest BCUT2D eigenvalue weighted by Gasteiger charge is 2.29. The lowest BCUT2D eigenvalue weighted by Crippen LogP contribution is -2.38. The van der Waals surface area contributed by atoms with Crippen LogP contribution in [0.4, 0.5) is 0 Å². The number of hydrogen-bond donors (Lipinski definition) is 2. The van der Waals surface area contributed by atoms with E-state index in [2.05, 4.69) is 33.5 Å². The van der Waals surface area contributed by atoms with E-state index >= 15 is 0 Å². The van der Waals surface area contributed by atoms with Gasteiger partial charge in [0.1, 0.15) is 0 Å². The lowest BCUT2D eigenvalue weighted by atomic mass is 9.95. The third kappa shape index (κ3) is 4.56. The molecule has 0 amide bonds. The molecule has 4 nitrogen and oxygen atoms in total. The molecule has 1 heterocycles. The molecule has 1 aromatic carbocycles. The smallest absolute Gasteiger partial charge is 0.150 e. The summed E-state index contributed by atoms with van der Waals surface area (Å²) >= 11 is 3.45. The zero-order chi connectivity index (χ0) is 13.9. The Bertz CT molecular complexity index is 533. The summed E-state index contributed by atoms with van der Waals surface area (Å²) in [6.07, 6.45) is 2.38. The molecule has 2 atom stereocenters. The molecule has 0 saturated carbocycles. The lowest BCUT2D eigenvalue weighted by molar-refractivity contribution is 0.408. The number of halogens is 1. The van der Waals surface area contributed by atoms with E-state index in [0.29, 0.717) is 11.5 Å². The average Bonchev–Trinajstić information content (AvgIpc) is 2.68. The Hall–Kier alpha value is -0.430. The molecular weight excluding hydrogens is 328 g/mol. The van der Waals surface area contributed by atoms with Crippen molar-refractivity contribution in [1.29, 1.82) is 0 Å². The summed E-state index contributed by atoms with van der Waals surface area (Å²) in [6.45, 7) is 0. The fourth-order valence-corrected chi connectivity index (χ4v) is 4.95. The molecule has 2 unspecified atom stereocenters. The average molecular weight is 347 g/mol. The molecule has 0 radical (unpaired) electrons. The van der Waals surface area contributed by atoms with Gasteiger partial charge < -0.3 is 0 Å². The minimum atomic E-state index is -2.80. The minimum absolute atomic E-state index is 0.118. The van der Waals surface area contributed by atoms with Gasteiger partial charge in [0, 0.05) is 10.5 Å². The number of nitrogens with two attached hydrogens (primary N) is 1. The van der Waals surface area contributed by atoms with Crippen molar-refractivity contribution in [2.75, 3.05) is 11.5 Å². The third-order valence-corrected chi connectivity index (χ3v) is 5.88.